The molecule has 1 rings (SSSR count). The Hall–Kier alpha value is 0.670. The molecule has 0 atom stereocenters. The molecule has 0 aliphatic rings. The van der Waals surface area contributed by atoms with Gasteiger partial charge in [-0.25, -0.2) is 8.42 Å². The smallest absolute Gasteiger partial charge is 0.207 e. The molecule has 0 saturated carbocycles. The van der Waals surface area contributed by atoms with Crippen molar-refractivity contribution < 1.29 is 8.42 Å². The van der Waals surface area contributed by atoms with Crippen LogP contribution in [0.4, 0.5) is 0 Å². The van der Waals surface area contributed by atoms with E-state index in [4.69, 9.17) is 23.2 Å². The summed E-state index contributed by atoms with van der Waals surface area (Å²) < 4.78 is 27.2. The summed E-state index contributed by atoms with van der Waals surface area (Å²) in [5, 5.41) is 0.794. The van der Waals surface area contributed by atoms with Gasteiger partial charge in [0.15, 0.2) is 0 Å². The molecule has 0 radical (unpaired) electrons. The van der Waals surface area contributed by atoms with Gasteiger partial charge in [-0.1, -0.05) is 62.0 Å². The second-order valence-corrected chi connectivity index (χ2v) is 8.19. The molecule has 0 saturated heterocycles. The van der Waals surface area contributed by atoms with Crippen LogP contribution in [-0.4, -0.2) is 31.1 Å². The molecule has 0 aliphatic carbocycles. The maximum Gasteiger partial charge on any atom is 0.246 e. The van der Waals surface area contributed by atoms with Crippen molar-refractivity contribution in [2.24, 2.45) is 0 Å². The molecule has 3 nitrogen and oxygen atoms in total. The maximum atomic E-state index is 12.6. The Balaban J connectivity index is 3.33. The third-order valence-corrected chi connectivity index (χ3v) is 6.00. The molecule has 0 aromatic heterocycles. The van der Waals surface area contributed by atoms with Gasteiger partial charge in [0.2, 0.25) is 10.0 Å². The molecular weight excluding hydrogens is 441 g/mol. The van der Waals surface area contributed by atoms with Gasteiger partial charge >= 0.3 is 0 Å². The van der Waals surface area contributed by atoms with Crippen LogP contribution in [0.3, 0.4) is 0 Å². The molecule has 19 heavy (non-hydrogen) atoms. The van der Waals surface area contributed by atoms with E-state index in [1.807, 2.05) is 6.92 Å². The van der Waals surface area contributed by atoms with Crippen molar-refractivity contribution in [1.82, 2.24) is 4.31 Å². The van der Waals surface area contributed by atoms with Gasteiger partial charge in [-0.2, -0.15) is 4.31 Å². The van der Waals surface area contributed by atoms with E-state index in [9.17, 15) is 8.42 Å². The van der Waals surface area contributed by atoms with Crippen LogP contribution in [0.15, 0.2) is 21.5 Å². The molecule has 0 unspecified atom stereocenters. The Morgan fingerprint density at radius 1 is 1.21 bits per heavy atom. The summed E-state index contributed by atoms with van der Waals surface area (Å²) in [4.78, 5) is -0.0339. The number of sulfonamides is 1. The summed E-state index contributed by atoms with van der Waals surface area (Å²) in [5.74, 6) is 0. The third-order valence-electron chi connectivity index (χ3n) is 2.37. The van der Waals surface area contributed by atoms with Crippen molar-refractivity contribution in [1.29, 1.82) is 0 Å². The third kappa shape index (κ3) is 4.32. The first-order chi connectivity index (χ1) is 8.84. The van der Waals surface area contributed by atoms with Gasteiger partial charge in [0, 0.05) is 22.9 Å². The van der Waals surface area contributed by atoms with Crippen LogP contribution in [0.5, 0.6) is 0 Å². The van der Waals surface area contributed by atoms with Gasteiger partial charge in [0.25, 0.3) is 0 Å². The Bertz CT molecular complexity index is 523. The first-order valence-corrected chi connectivity index (χ1v) is 9.66. The van der Waals surface area contributed by atoms with E-state index in [1.54, 1.807) is 0 Å². The fraction of sp³-hybridized carbons (Fsp3) is 0.455. The zero-order valence-corrected chi connectivity index (χ0v) is 15.7. The van der Waals surface area contributed by atoms with Crippen molar-refractivity contribution >= 4 is 65.1 Å². The van der Waals surface area contributed by atoms with Crippen LogP contribution in [0, 0.1) is 0 Å². The molecule has 0 heterocycles. The highest BCUT2D eigenvalue weighted by molar-refractivity contribution is 9.10. The standard InChI is InChI=1S/C11H13Br2Cl2NO2S/c1-2-4-16(5-3-12)19(17,18)11-9(14)6-8(13)7-10(11)15/h6-7H,2-5H2,1H3. The van der Waals surface area contributed by atoms with Crippen LogP contribution >= 0.6 is 55.1 Å². The SMILES string of the molecule is CCCN(CCBr)S(=O)(=O)c1c(Cl)cc(Br)cc1Cl. The minimum absolute atomic E-state index is 0.0339. The fourth-order valence-corrected chi connectivity index (χ4v) is 5.68. The van der Waals surface area contributed by atoms with E-state index in [0.29, 0.717) is 22.9 Å². The lowest BCUT2D eigenvalue weighted by Crippen LogP contribution is -2.33. The van der Waals surface area contributed by atoms with Crippen LogP contribution in [0.25, 0.3) is 0 Å². The molecule has 1 aromatic carbocycles. The minimum atomic E-state index is -3.68. The van der Waals surface area contributed by atoms with Crippen LogP contribution in [0.1, 0.15) is 13.3 Å². The zero-order valence-electron chi connectivity index (χ0n) is 10.2. The van der Waals surface area contributed by atoms with Crippen molar-refractivity contribution in [2.75, 3.05) is 18.4 Å². The predicted octanol–water partition coefficient (Wildman–Crippen LogP) is 4.55. The molecule has 0 aliphatic heterocycles. The summed E-state index contributed by atoms with van der Waals surface area (Å²) >= 11 is 18.5. The van der Waals surface area contributed by atoms with Crippen molar-refractivity contribution in [3.05, 3.63) is 26.7 Å². The lowest BCUT2D eigenvalue weighted by molar-refractivity contribution is 0.430. The highest BCUT2D eigenvalue weighted by atomic mass is 79.9. The molecule has 0 bridgehead atoms. The second kappa shape index (κ2) is 7.61. The highest BCUT2D eigenvalue weighted by Crippen LogP contribution is 2.34. The fourth-order valence-electron chi connectivity index (χ4n) is 1.60. The number of hydrogen-bond acceptors (Lipinski definition) is 2. The van der Waals surface area contributed by atoms with Crippen LogP contribution in [0.2, 0.25) is 10.0 Å². The van der Waals surface area contributed by atoms with Gasteiger partial charge in [-0.05, 0) is 18.6 Å². The summed E-state index contributed by atoms with van der Waals surface area (Å²) in [6.07, 6.45) is 0.720. The van der Waals surface area contributed by atoms with Crippen molar-refractivity contribution in [3.8, 4) is 0 Å². The highest BCUT2D eigenvalue weighted by Gasteiger charge is 2.28. The number of hydrogen-bond donors (Lipinski definition) is 0. The number of benzene rings is 1. The lowest BCUT2D eigenvalue weighted by atomic mass is 10.4. The quantitative estimate of drug-likeness (QED) is 0.592. The molecular formula is C11H13Br2Cl2NO2S. The topological polar surface area (TPSA) is 37.4 Å². The average molecular weight is 454 g/mol. The molecule has 0 amide bonds. The maximum absolute atomic E-state index is 12.6. The number of halogens is 4. The van der Waals surface area contributed by atoms with Crippen molar-refractivity contribution in [2.45, 2.75) is 18.2 Å². The van der Waals surface area contributed by atoms with E-state index in [2.05, 4.69) is 31.9 Å². The Kier molecular flexibility index (Phi) is 7.10. The molecule has 0 spiro atoms. The van der Waals surface area contributed by atoms with Gasteiger partial charge in [0.05, 0.1) is 10.0 Å². The Morgan fingerprint density at radius 2 is 1.74 bits per heavy atom. The average Bonchev–Trinajstić information content (AvgIpc) is 2.26. The first kappa shape index (κ1) is 17.7. The summed E-state index contributed by atoms with van der Waals surface area (Å²) in [5.41, 5.74) is 0. The number of rotatable bonds is 6. The summed E-state index contributed by atoms with van der Waals surface area (Å²) in [6.45, 7) is 2.72. The van der Waals surface area contributed by atoms with E-state index in [-0.39, 0.29) is 14.9 Å². The molecule has 0 N–H and O–H groups in total. The summed E-state index contributed by atoms with van der Waals surface area (Å²) in [7, 11) is -3.68. The molecule has 1 aromatic rings. The predicted molar refractivity (Wildman–Crippen MR) is 87.0 cm³/mol. The number of nitrogens with zero attached hydrogens (tertiary/aromatic N) is 1. The van der Waals surface area contributed by atoms with E-state index in [0.717, 1.165) is 6.42 Å². The second-order valence-electron chi connectivity index (χ2n) is 3.79. The molecule has 8 heteroatoms. The van der Waals surface area contributed by atoms with E-state index in [1.165, 1.54) is 16.4 Å². The first-order valence-electron chi connectivity index (χ1n) is 5.55. The molecule has 0 fully saturated rings. The van der Waals surface area contributed by atoms with E-state index < -0.39 is 10.0 Å². The van der Waals surface area contributed by atoms with Gasteiger partial charge in [-0.3, -0.25) is 0 Å². The monoisotopic (exact) mass is 451 g/mol. The normalized spacial score (nSPS) is 12.1. The van der Waals surface area contributed by atoms with Gasteiger partial charge in [-0.15, -0.1) is 0 Å². The van der Waals surface area contributed by atoms with Gasteiger partial charge < -0.3 is 0 Å². The van der Waals surface area contributed by atoms with E-state index >= 15 is 0 Å². The van der Waals surface area contributed by atoms with Crippen LogP contribution < -0.4 is 0 Å². The van der Waals surface area contributed by atoms with Crippen LogP contribution in [-0.2, 0) is 10.0 Å². The van der Waals surface area contributed by atoms with Crippen molar-refractivity contribution in [3.63, 3.8) is 0 Å². The summed E-state index contributed by atoms with van der Waals surface area (Å²) in [6, 6.07) is 3.05. The van der Waals surface area contributed by atoms with Gasteiger partial charge in [0.1, 0.15) is 4.90 Å². The number of alkyl halides is 1. The molecule has 108 valence electrons. The largest absolute Gasteiger partial charge is 0.246 e. The minimum Gasteiger partial charge on any atom is -0.207 e. The Labute approximate surface area is 140 Å². The zero-order chi connectivity index (χ0) is 14.6. The Morgan fingerprint density at radius 3 is 2.16 bits per heavy atom. The lowest BCUT2D eigenvalue weighted by Gasteiger charge is -2.22.